The number of morpholine rings is 2. The maximum absolute atomic E-state index is 14.4. The summed E-state index contributed by atoms with van der Waals surface area (Å²) in [6, 6.07) is 3.69. The number of halogens is 5. The van der Waals surface area contributed by atoms with E-state index in [4.69, 9.17) is 42.0 Å². The van der Waals surface area contributed by atoms with Gasteiger partial charge in [-0.05, 0) is 95.0 Å². The second kappa shape index (κ2) is 30.3. The van der Waals surface area contributed by atoms with Gasteiger partial charge in [0.05, 0.1) is 63.3 Å². The van der Waals surface area contributed by atoms with E-state index in [1.807, 2.05) is 0 Å². The molecule has 2 aromatic heterocycles. The van der Waals surface area contributed by atoms with Crippen molar-refractivity contribution >= 4 is 66.7 Å². The van der Waals surface area contributed by atoms with Crippen molar-refractivity contribution in [2.75, 3.05) is 113 Å². The van der Waals surface area contributed by atoms with Crippen LogP contribution in [0.5, 0.6) is 11.5 Å². The fourth-order valence-electron chi connectivity index (χ4n) is 9.14. The van der Waals surface area contributed by atoms with Crippen LogP contribution in [-0.4, -0.2) is 168 Å². The minimum absolute atomic E-state index is 0.00173. The minimum atomic E-state index is -3.37. The minimum Gasteiger partial charge on any atom is -0.496 e. The number of rotatable bonds is 21. The third-order valence-corrected chi connectivity index (χ3v) is 16.6. The van der Waals surface area contributed by atoms with Gasteiger partial charge in [-0.3, -0.25) is 14.5 Å². The lowest BCUT2D eigenvalue weighted by Gasteiger charge is -2.30. The number of aromatic nitrogens is 4. The van der Waals surface area contributed by atoms with Gasteiger partial charge in [-0.2, -0.15) is 9.97 Å². The molecule has 9 N–H and O–H groups in total. The molecule has 4 aromatic rings. The molecular formula is C50H69ClF4N12O10S2. The van der Waals surface area contributed by atoms with Crippen LogP contribution >= 0.6 is 11.6 Å². The molecule has 436 valence electrons. The van der Waals surface area contributed by atoms with Crippen LogP contribution in [0.4, 0.5) is 41.1 Å². The van der Waals surface area contributed by atoms with Gasteiger partial charge < -0.3 is 46.4 Å². The van der Waals surface area contributed by atoms with E-state index in [9.17, 15) is 44.0 Å². The molecule has 2 aliphatic heterocycles. The van der Waals surface area contributed by atoms with Gasteiger partial charge in [-0.15, -0.1) is 11.6 Å². The maximum Gasteiger partial charge on any atom is 0.224 e. The molecule has 0 bridgehead atoms. The molecule has 2 saturated carbocycles. The number of nitrogen functional groups attached to an aromatic ring is 2. The van der Waals surface area contributed by atoms with E-state index in [0.717, 1.165) is 82.6 Å². The molecule has 22 nitrogen and oxygen atoms in total. The molecule has 0 atom stereocenters. The average Bonchev–Trinajstić information content (AvgIpc) is 3.44. The van der Waals surface area contributed by atoms with Crippen molar-refractivity contribution in [3.8, 4) is 11.5 Å². The number of nitrogens with zero attached hydrogens (tertiary/aromatic N) is 5. The Balaban J connectivity index is 0.000000232. The van der Waals surface area contributed by atoms with Gasteiger partial charge in [-0.1, -0.05) is 0 Å². The van der Waals surface area contributed by atoms with Gasteiger partial charge >= 0.3 is 0 Å². The number of sulfonamides is 2. The Bertz CT molecular complexity index is 2890. The molecule has 4 fully saturated rings. The molecule has 4 heterocycles. The third-order valence-electron chi connectivity index (χ3n) is 13.3. The number of nitrogens with one attached hydrogen (secondary N) is 5. The number of methoxy groups -OCH3 is 2. The number of anilines is 4. The molecule has 2 aromatic carbocycles. The highest BCUT2D eigenvalue weighted by atomic mass is 35.5. The van der Waals surface area contributed by atoms with Crippen LogP contribution in [0, 0.1) is 23.3 Å². The Kier molecular flexibility index (Phi) is 24.0. The van der Waals surface area contributed by atoms with E-state index < -0.39 is 66.0 Å². The SMILES string of the molecule is C1COCCN1.COc1ccc(F)c(F)c1C(=O)c1cnc(NC2CCC(NS(=O)(=O)CCCCl)CC2)nc1N.COc1ccc(F)c(F)c1C(=O)c1cnc(NC2CCC(NS(=O)(=O)CCCN3CCOCC3)CC2)nc1N. The van der Waals surface area contributed by atoms with E-state index in [2.05, 4.69) is 50.2 Å². The Morgan fingerprint density at radius 2 is 1.06 bits per heavy atom. The highest BCUT2D eigenvalue weighted by Gasteiger charge is 2.30. The Morgan fingerprint density at radius 1 is 0.658 bits per heavy atom. The molecule has 0 spiro atoms. The zero-order valence-corrected chi connectivity index (χ0v) is 46.4. The van der Waals surface area contributed by atoms with Crippen LogP contribution in [0.1, 0.15) is 96.1 Å². The second-order valence-corrected chi connectivity index (χ2v) is 23.1. The van der Waals surface area contributed by atoms with E-state index in [1.54, 1.807) is 0 Å². The number of hydrogen-bond acceptors (Lipinski definition) is 20. The molecule has 0 amide bonds. The average molecular weight is 1170 g/mol. The number of carbonyl (C=O) groups excluding carboxylic acids is 2. The Morgan fingerprint density at radius 3 is 1.43 bits per heavy atom. The predicted molar refractivity (Wildman–Crippen MR) is 290 cm³/mol. The van der Waals surface area contributed by atoms with Crippen molar-refractivity contribution < 1.29 is 62.9 Å². The normalized spacial score (nSPS) is 19.9. The van der Waals surface area contributed by atoms with Gasteiger partial charge in [0.25, 0.3) is 0 Å². The van der Waals surface area contributed by atoms with Crippen LogP contribution in [0.2, 0.25) is 0 Å². The summed E-state index contributed by atoms with van der Waals surface area (Å²) in [7, 11) is -4.26. The zero-order valence-electron chi connectivity index (χ0n) is 44.0. The molecule has 0 unspecified atom stereocenters. The van der Waals surface area contributed by atoms with Crippen LogP contribution in [0.15, 0.2) is 36.7 Å². The molecule has 79 heavy (non-hydrogen) atoms. The number of alkyl halides is 1. The molecule has 4 aliphatic rings. The van der Waals surface area contributed by atoms with Crippen molar-refractivity contribution in [2.24, 2.45) is 0 Å². The summed E-state index contributed by atoms with van der Waals surface area (Å²) in [5.74, 6) is -6.81. The molecular weight excluding hydrogens is 1100 g/mol. The fraction of sp³-hybridized carbons (Fsp3) is 0.560. The topological polar surface area (TPSA) is 306 Å². The van der Waals surface area contributed by atoms with E-state index in [-0.39, 0.29) is 87.7 Å². The van der Waals surface area contributed by atoms with Gasteiger partial charge in [0.2, 0.25) is 43.5 Å². The highest BCUT2D eigenvalue weighted by Crippen LogP contribution is 2.31. The number of hydrogen-bond donors (Lipinski definition) is 7. The number of nitrogens with two attached hydrogens (primary N) is 2. The van der Waals surface area contributed by atoms with Gasteiger partial charge in [0.1, 0.15) is 34.3 Å². The first-order valence-electron chi connectivity index (χ1n) is 25.9. The van der Waals surface area contributed by atoms with Crippen molar-refractivity contribution in [3.63, 3.8) is 0 Å². The maximum atomic E-state index is 14.4. The molecule has 2 saturated heterocycles. The van der Waals surface area contributed by atoms with Gasteiger partial charge in [0, 0.05) is 68.6 Å². The summed E-state index contributed by atoms with van der Waals surface area (Å²) in [5, 5.41) is 9.44. The third kappa shape index (κ3) is 18.7. The lowest BCUT2D eigenvalue weighted by atomic mass is 9.92. The molecule has 29 heteroatoms. The van der Waals surface area contributed by atoms with Gasteiger partial charge in [-0.25, -0.2) is 53.8 Å². The predicted octanol–water partition coefficient (Wildman–Crippen LogP) is 4.40. The van der Waals surface area contributed by atoms with Crippen LogP contribution in [0.25, 0.3) is 0 Å². The quantitative estimate of drug-likeness (QED) is 0.0346. The summed E-state index contributed by atoms with van der Waals surface area (Å²) >= 11 is 5.57. The summed E-state index contributed by atoms with van der Waals surface area (Å²) in [5.41, 5.74) is 10.3. The van der Waals surface area contributed by atoms with Crippen LogP contribution < -0.4 is 46.3 Å². The monoisotopic (exact) mass is 1170 g/mol. The van der Waals surface area contributed by atoms with E-state index in [1.165, 1.54) is 14.2 Å². The summed E-state index contributed by atoms with van der Waals surface area (Å²) in [6.07, 6.45) is 8.50. The first-order chi connectivity index (χ1) is 37.8. The number of benzene rings is 2. The first-order valence-corrected chi connectivity index (χ1v) is 29.7. The highest BCUT2D eigenvalue weighted by molar-refractivity contribution is 7.89. The van der Waals surface area contributed by atoms with Crippen molar-refractivity contribution in [1.82, 2.24) is 39.6 Å². The Hall–Kier alpha value is -5.59. The smallest absolute Gasteiger partial charge is 0.224 e. The lowest BCUT2D eigenvalue weighted by molar-refractivity contribution is 0.0381. The molecule has 8 rings (SSSR count). The molecule has 2 aliphatic carbocycles. The fourth-order valence-corrected chi connectivity index (χ4v) is 12.2. The van der Waals surface area contributed by atoms with Crippen molar-refractivity contribution in [3.05, 3.63) is 82.2 Å². The first kappa shape index (κ1) is 62.6. The zero-order chi connectivity index (χ0) is 57.1. The summed E-state index contributed by atoms with van der Waals surface area (Å²) in [4.78, 5) is 44.4. The Labute approximate surface area is 462 Å². The number of carbonyl (C=O) groups is 2. The van der Waals surface area contributed by atoms with E-state index >= 15 is 0 Å². The molecule has 0 radical (unpaired) electrons. The van der Waals surface area contributed by atoms with Crippen LogP contribution in [-0.2, 0) is 29.5 Å². The largest absolute Gasteiger partial charge is 0.496 e. The standard InChI is InChI=1S/C25H34F2N6O5S.C21H26ClF2N5O4S.C4H9NO/c1-37-20-8-7-19(26)22(27)21(20)23(34)18-15-29-25(31-24(18)28)30-16-3-5-17(6-4-16)32-39(35,36)14-2-9-33-10-12-38-13-11-33;1-33-16-8-7-15(23)18(24)17(16)19(30)14-11-26-21(28-20(14)25)27-12-3-5-13(6-4-12)29-34(31,32)10-2-9-22;1-3-6-4-2-5-1/h7-8,15-17,32H,2-6,9-14H2,1H3,(H3,28,29,30,31);7-8,11-13,29H,2-6,9-10H2,1H3,(H3,25,26,27,28);5H,1-4H2. The number of ketones is 2. The van der Waals surface area contributed by atoms with Crippen LogP contribution in [0.3, 0.4) is 0 Å². The number of ether oxygens (including phenoxy) is 4. The van der Waals surface area contributed by atoms with Gasteiger partial charge in [0.15, 0.2) is 23.3 Å². The van der Waals surface area contributed by atoms with Crippen molar-refractivity contribution in [1.29, 1.82) is 0 Å². The summed E-state index contributed by atoms with van der Waals surface area (Å²) in [6.45, 7) is 7.61. The second-order valence-electron chi connectivity index (χ2n) is 19.0. The lowest BCUT2D eigenvalue weighted by Crippen LogP contribution is -2.42. The van der Waals surface area contributed by atoms with Crippen molar-refractivity contribution in [2.45, 2.75) is 88.4 Å². The van der Waals surface area contributed by atoms with E-state index in [0.29, 0.717) is 77.4 Å². The summed E-state index contributed by atoms with van der Waals surface area (Å²) < 4.78 is 131.